The predicted molar refractivity (Wildman–Crippen MR) is 110 cm³/mol. The van der Waals surface area contributed by atoms with E-state index >= 15 is 0 Å². The van der Waals surface area contributed by atoms with Crippen molar-refractivity contribution < 1.29 is 14.4 Å². The molecule has 6 heteroatoms. The molecular formula is C22H25N3O3. The van der Waals surface area contributed by atoms with Crippen molar-refractivity contribution in [2.24, 2.45) is 0 Å². The standard InChI is InChI=1S/C22H25N3O3/c1-14-9-10-19(15(2)12-14)24-21(27)20-8-5-11-25(20)22(28)23-18-7-4-6-17(13-18)16(3)26/h4,6-7,9-10,12-13,20H,5,8,11H2,1-3H3,(H,23,28)(H,24,27)/t20-/m0/s1. The summed E-state index contributed by atoms with van der Waals surface area (Å²) in [5.74, 6) is -0.250. The molecular weight excluding hydrogens is 354 g/mol. The number of hydrogen-bond acceptors (Lipinski definition) is 3. The Morgan fingerprint density at radius 3 is 2.54 bits per heavy atom. The van der Waals surface area contributed by atoms with Crippen molar-refractivity contribution in [2.75, 3.05) is 17.2 Å². The maximum Gasteiger partial charge on any atom is 0.322 e. The van der Waals surface area contributed by atoms with Crippen LogP contribution in [-0.2, 0) is 4.79 Å². The molecule has 0 radical (unpaired) electrons. The number of amides is 3. The second-order valence-electron chi connectivity index (χ2n) is 7.23. The van der Waals surface area contributed by atoms with Crippen LogP contribution in [0.3, 0.4) is 0 Å². The maximum atomic E-state index is 12.8. The fourth-order valence-electron chi connectivity index (χ4n) is 3.46. The van der Waals surface area contributed by atoms with Crippen LogP contribution in [0, 0.1) is 13.8 Å². The van der Waals surface area contributed by atoms with Gasteiger partial charge in [-0.2, -0.15) is 0 Å². The second kappa shape index (κ2) is 8.25. The lowest BCUT2D eigenvalue weighted by atomic mass is 10.1. The van der Waals surface area contributed by atoms with Crippen LogP contribution in [-0.4, -0.2) is 35.2 Å². The van der Waals surface area contributed by atoms with Crippen LogP contribution in [0.15, 0.2) is 42.5 Å². The predicted octanol–water partition coefficient (Wildman–Crippen LogP) is 4.14. The third-order valence-electron chi connectivity index (χ3n) is 4.98. The Balaban J connectivity index is 1.69. The molecule has 3 amide bonds. The average molecular weight is 379 g/mol. The maximum absolute atomic E-state index is 12.8. The van der Waals surface area contributed by atoms with E-state index in [0.29, 0.717) is 24.2 Å². The van der Waals surface area contributed by atoms with Crippen molar-refractivity contribution in [1.82, 2.24) is 4.90 Å². The Labute approximate surface area is 164 Å². The van der Waals surface area contributed by atoms with Gasteiger partial charge < -0.3 is 15.5 Å². The molecule has 1 fully saturated rings. The van der Waals surface area contributed by atoms with Crippen LogP contribution in [0.2, 0.25) is 0 Å². The van der Waals surface area contributed by atoms with Gasteiger partial charge in [0.1, 0.15) is 6.04 Å². The van der Waals surface area contributed by atoms with E-state index < -0.39 is 6.04 Å². The summed E-state index contributed by atoms with van der Waals surface area (Å²) in [7, 11) is 0. The summed E-state index contributed by atoms with van der Waals surface area (Å²) in [6.45, 7) is 5.95. The molecule has 3 rings (SSSR count). The first-order valence-corrected chi connectivity index (χ1v) is 9.42. The van der Waals surface area contributed by atoms with Crippen LogP contribution < -0.4 is 10.6 Å². The lowest BCUT2D eigenvalue weighted by Crippen LogP contribution is -2.45. The molecule has 1 heterocycles. The Morgan fingerprint density at radius 1 is 1.04 bits per heavy atom. The third kappa shape index (κ3) is 4.39. The first kappa shape index (κ1) is 19.6. The zero-order valence-corrected chi connectivity index (χ0v) is 16.4. The molecule has 1 aliphatic rings. The number of rotatable bonds is 4. The van der Waals surface area contributed by atoms with Gasteiger partial charge in [0.15, 0.2) is 5.78 Å². The quantitative estimate of drug-likeness (QED) is 0.784. The third-order valence-corrected chi connectivity index (χ3v) is 4.98. The van der Waals surface area contributed by atoms with E-state index in [1.807, 2.05) is 32.0 Å². The molecule has 6 nitrogen and oxygen atoms in total. The number of carbonyl (C=O) groups excluding carboxylic acids is 3. The fourth-order valence-corrected chi connectivity index (χ4v) is 3.46. The molecule has 146 valence electrons. The van der Waals surface area contributed by atoms with Crippen LogP contribution in [0.4, 0.5) is 16.2 Å². The van der Waals surface area contributed by atoms with Crippen LogP contribution in [0.1, 0.15) is 41.3 Å². The molecule has 1 saturated heterocycles. The molecule has 0 aliphatic carbocycles. The molecule has 0 bridgehead atoms. The summed E-state index contributed by atoms with van der Waals surface area (Å²) in [5, 5.41) is 5.75. The number of aryl methyl sites for hydroxylation is 2. The summed E-state index contributed by atoms with van der Waals surface area (Å²) in [6, 6.07) is 11.8. The van der Waals surface area contributed by atoms with Gasteiger partial charge in [-0.25, -0.2) is 4.79 Å². The van der Waals surface area contributed by atoms with Gasteiger partial charge in [0.2, 0.25) is 5.91 Å². The van der Waals surface area contributed by atoms with E-state index in [4.69, 9.17) is 0 Å². The Kier molecular flexibility index (Phi) is 5.78. The zero-order valence-electron chi connectivity index (χ0n) is 16.4. The number of ketones is 1. The minimum Gasteiger partial charge on any atom is -0.324 e. The lowest BCUT2D eigenvalue weighted by molar-refractivity contribution is -0.119. The Bertz CT molecular complexity index is 923. The largest absolute Gasteiger partial charge is 0.324 e. The number of likely N-dealkylation sites (tertiary alicyclic amines) is 1. The second-order valence-corrected chi connectivity index (χ2v) is 7.23. The van der Waals surface area contributed by atoms with E-state index in [1.54, 1.807) is 29.2 Å². The highest BCUT2D eigenvalue weighted by Gasteiger charge is 2.34. The van der Waals surface area contributed by atoms with Gasteiger partial charge in [-0.1, -0.05) is 29.8 Å². The number of benzene rings is 2. The highest BCUT2D eigenvalue weighted by molar-refractivity contribution is 6.00. The van der Waals surface area contributed by atoms with E-state index in [1.165, 1.54) is 6.92 Å². The summed E-state index contributed by atoms with van der Waals surface area (Å²) >= 11 is 0. The normalized spacial score (nSPS) is 16.0. The number of anilines is 2. The van der Waals surface area contributed by atoms with E-state index in [-0.39, 0.29) is 17.7 Å². The van der Waals surface area contributed by atoms with E-state index in [0.717, 1.165) is 23.2 Å². The van der Waals surface area contributed by atoms with Gasteiger partial charge in [-0.15, -0.1) is 0 Å². The van der Waals surface area contributed by atoms with Crippen LogP contribution >= 0.6 is 0 Å². The number of Topliss-reactive ketones (excluding diaryl/α,β-unsaturated/α-hetero) is 1. The summed E-state index contributed by atoms with van der Waals surface area (Å²) in [6.07, 6.45) is 1.39. The highest BCUT2D eigenvalue weighted by Crippen LogP contribution is 2.23. The summed E-state index contributed by atoms with van der Waals surface area (Å²) < 4.78 is 0. The van der Waals surface area contributed by atoms with Gasteiger partial charge in [-0.3, -0.25) is 9.59 Å². The molecule has 0 saturated carbocycles. The number of urea groups is 1. The van der Waals surface area contributed by atoms with Crippen molar-refractivity contribution in [3.8, 4) is 0 Å². The zero-order chi connectivity index (χ0) is 20.3. The van der Waals surface area contributed by atoms with Gasteiger partial charge in [-0.05, 0) is 57.4 Å². The summed E-state index contributed by atoms with van der Waals surface area (Å²) in [4.78, 5) is 38.6. The van der Waals surface area contributed by atoms with Gasteiger partial charge in [0, 0.05) is 23.5 Å². The Morgan fingerprint density at radius 2 is 1.82 bits per heavy atom. The smallest absolute Gasteiger partial charge is 0.322 e. The Hall–Kier alpha value is -3.15. The molecule has 1 aliphatic heterocycles. The lowest BCUT2D eigenvalue weighted by Gasteiger charge is -2.24. The fraction of sp³-hybridized carbons (Fsp3) is 0.318. The average Bonchev–Trinajstić information content (AvgIpc) is 3.14. The molecule has 0 spiro atoms. The van der Waals surface area contributed by atoms with Crippen LogP contribution in [0.5, 0.6) is 0 Å². The molecule has 2 N–H and O–H groups in total. The highest BCUT2D eigenvalue weighted by atomic mass is 16.2. The van der Waals surface area contributed by atoms with E-state index in [2.05, 4.69) is 10.6 Å². The molecule has 28 heavy (non-hydrogen) atoms. The van der Waals surface area contributed by atoms with Crippen molar-refractivity contribution >= 4 is 29.1 Å². The topological polar surface area (TPSA) is 78.5 Å². The van der Waals surface area contributed by atoms with Gasteiger partial charge >= 0.3 is 6.03 Å². The number of nitrogens with one attached hydrogen (secondary N) is 2. The van der Waals surface area contributed by atoms with E-state index in [9.17, 15) is 14.4 Å². The minimum atomic E-state index is -0.517. The van der Waals surface area contributed by atoms with Crippen molar-refractivity contribution in [3.05, 3.63) is 59.2 Å². The molecule has 1 atom stereocenters. The van der Waals surface area contributed by atoms with Gasteiger partial charge in [0.25, 0.3) is 0 Å². The molecule has 2 aromatic rings. The first-order chi connectivity index (χ1) is 13.3. The van der Waals surface area contributed by atoms with Crippen molar-refractivity contribution in [3.63, 3.8) is 0 Å². The summed E-state index contributed by atoms with van der Waals surface area (Å²) in [5.41, 5.74) is 3.95. The number of nitrogens with zero attached hydrogens (tertiary/aromatic N) is 1. The first-order valence-electron chi connectivity index (χ1n) is 9.42. The monoisotopic (exact) mass is 379 g/mol. The molecule has 2 aromatic carbocycles. The molecule has 0 unspecified atom stereocenters. The van der Waals surface area contributed by atoms with Crippen molar-refractivity contribution in [1.29, 1.82) is 0 Å². The van der Waals surface area contributed by atoms with Crippen LogP contribution in [0.25, 0.3) is 0 Å². The number of hydrogen-bond donors (Lipinski definition) is 2. The molecule has 0 aromatic heterocycles. The van der Waals surface area contributed by atoms with Crippen molar-refractivity contribution in [2.45, 2.75) is 39.7 Å². The van der Waals surface area contributed by atoms with Gasteiger partial charge in [0.05, 0.1) is 0 Å². The minimum absolute atomic E-state index is 0.0667. The number of carbonyl (C=O) groups is 3. The SMILES string of the molecule is CC(=O)c1cccc(NC(=O)N2CCC[C@H]2C(=O)Nc2ccc(C)cc2C)c1.